The van der Waals surface area contributed by atoms with Crippen LogP contribution in [0, 0.1) is 0 Å². The molecule has 8 nitrogen and oxygen atoms in total. The van der Waals surface area contributed by atoms with E-state index in [1.807, 2.05) is 42.5 Å². The van der Waals surface area contributed by atoms with Crippen molar-refractivity contribution in [1.82, 2.24) is 15.1 Å². The van der Waals surface area contributed by atoms with E-state index in [9.17, 15) is 19.2 Å². The van der Waals surface area contributed by atoms with Crippen LogP contribution in [0.1, 0.15) is 36.0 Å². The van der Waals surface area contributed by atoms with Gasteiger partial charge in [0.25, 0.3) is 5.91 Å². The highest BCUT2D eigenvalue weighted by molar-refractivity contribution is 6.10. The van der Waals surface area contributed by atoms with Crippen molar-refractivity contribution >= 4 is 29.4 Å². The van der Waals surface area contributed by atoms with Crippen LogP contribution in [0.2, 0.25) is 0 Å². The lowest BCUT2D eigenvalue weighted by Crippen LogP contribution is -2.43. The molecular weight excluding hydrogens is 408 g/mol. The molecule has 32 heavy (non-hydrogen) atoms. The second kappa shape index (κ2) is 7.78. The number of hydrogen-bond acceptors (Lipinski definition) is 4. The first kappa shape index (κ1) is 20.2. The molecule has 2 heterocycles. The number of imide groups is 1. The summed E-state index contributed by atoms with van der Waals surface area (Å²) in [7, 11) is 0. The molecule has 3 aliphatic rings. The molecule has 2 saturated heterocycles. The summed E-state index contributed by atoms with van der Waals surface area (Å²) >= 11 is 0. The summed E-state index contributed by atoms with van der Waals surface area (Å²) in [5.74, 6) is -0.699. The van der Waals surface area contributed by atoms with Gasteiger partial charge in [0.05, 0.1) is 0 Å². The third-order valence-corrected chi connectivity index (χ3v) is 6.48. The number of hydrogen-bond donors (Lipinski definition) is 2. The number of rotatable bonds is 5. The van der Waals surface area contributed by atoms with Gasteiger partial charge in [0, 0.05) is 25.2 Å². The summed E-state index contributed by atoms with van der Waals surface area (Å²) in [5.41, 5.74) is 2.25. The normalized spacial score (nSPS) is 21.9. The minimum atomic E-state index is -1.07. The molecule has 2 N–H and O–H groups in total. The number of likely N-dealkylation sites (tertiary alicyclic amines) is 1. The van der Waals surface area contributed by atoms with E-state index in [1.54, 1.807) is 11.0 Å². The molecule has 5 rings (SSSR count). The Hall–Kier alpha value is -3.68. The van der Waals surface area contributed by atoms with Crippen LogP contribution in [-0.4, -0.2) is 46.6 Å². The largest absolute Gasteiger partial charge is 0.338 e. The molecule has 5 amide bonds. The summed E-state index contributed by atoms with van der Waals surface area (Å²) in [5, 5.41) is 5.60. The van der Waals surface area contributed by atoms with Crippen molar-refractivity contribution in [3.05, 3.63) is 65.2 Å². The van der Waals surface area contributed by atoms with E-state index in [2.05, 4.69) is 10.6 Å². The maximum absolute atomic E-state index is 13.2. The topological polar surface area (TPSA) is 98.8 Å². The van der Waals surface area contributed by atoms with Crippen molar-refractivity contribution in [3.63, 3.8) is 0 Å². The zero-order valence-corrected chi connectivity index (χ0v) is 17.6. The van der Waals surface area contributed by atoms with Gasteiger partial charge in [0.1, 0.15) is 12.1 Å². The monoisotopic (exact) mass is 432 g/mol. The molecule has 1 atom stereocenters. The Morgan fingerprint density at radius 3 is 2.72 bits per heavy atom. The number of urea groups is 1. The average Bonchev–Trinajstić information content (AvgIpc) is 3.42. The fourth-order valence-corrected chi connectivity index (χ4v) is 4.92. The second-order valence-electron chi connectivity index (χ2n) is 8.55. The molecule has 0 aromatic heterocycles. The molecule has 1 aliphatic carbocycles. The highest BCUT2D eigenvalue weighted by Gasteiger charge is 2.55. The quantitative estimate of drug-likeness (QED) is 0.708. The molecular formula is C24H24N4O4. The first-order valence-corrected chi connectivity index (χ1v) is 10.9. The third kappa shape index (κ3) is 3.41. The van der Waals surface area contributed by atoms with Crippen LogP contribution < -0.4 is 10.6 Å². The zero-order chi connectivity index (χ0) is 22.3. The van der Waals surface area contributed by atoms with Gasteiger partial charge in [-0.3, -0.25) is 19.3 Å². The minimum Gasteiger partial charge on any atom is -0.338 e. The average molecular weight is 432 g/mol. The van der Waals surface area contributed by atoms with Crippen LogP contribution >= 0.6 is 0 Å². The van der Waals surface area contributed by atoms with Gasteiger partial charge in [-0.1, -0.05) is 36.4 Å². The third-order valence-electron chi connectivity index (χ3n) is 6.48. The number of carbonyl (C=O) groups is 4. The van der Waals surface area contributed by atoms with E-state index in [-0.39, 0.29) is 18.4 Å². The molecule has 0 saturated carbocycles. The molecule has 1 unspecified atom stereocenters. The number of amides is 5. The zero-order valence-electron chi connectivity index (χ0n) is 17.6. The van der Waals surface area contributed by atoms with Crippen molar-refractivity contribution in [2.24, 2.45) is 0 Å². The summed E-state index contributed by atoms with van der Waals surface area (Å²) in [6, 6.07) is 14.3. The van der Waals surface area contributed by atoms with Crippen LogP contribution in [0.15, 0.2) is 48.5 Å². The number of nitrogens with zero attached hydrogens (tertiary/aromatic N) is 2. The van der Waals surface area contributed by atoms with Gasteiger partial charge >= 0.3 is 6.03 Å². The number of fused-ring (bicyclic) bond motifs is 2. The molecule has 2 aliphatic heterocycles. The summed E-state index contributed by atoms with van der Waals surface area (Å²) in [4.78, 5) is 53.1. The lowest BCUT2D eigenvalue weighted by molar-refractivity contribution is -0.134. The number of carbonyl (C=O) groups excluding carboxylic acids is 4. The number of benzene rings is 2. The highest BCUT2D eigenvalue weighted by atomic mass is 16.2. The predicted octanol–water partition coefficient (Wildman–Crippen LogP) is 2.14. The Morgan fingerprint density at radius 1 is 1.06 bits per heavy atom. The smallest absolute Gasteiger partial charge is 0.325 e. The predicted molar refractivity (Wildman–Crippen MR) is 116 cm³/mol. The van der Waals surface area contributed by atoms with Crippen LogP contribution in [0.3, 0.4) is 0 Å². The molecule has 2 aromatic carbocycles. The molecule has 0 radical (unpaired) electrons. The van der Waals surface area contributed by atoms with E-state index < -0.39 is 17.5 Å². The van der Waals surface area contributed by atoms with Gasteiger partial charge in [-0.25, -0.2) is 4.79 Å². The number of aryl methyl sites for hydroxylation is 1. The number of nitrogens with one attached hydrogen (secondary N) is 2. The molecule has 8 heteroatoms. The standard InChI is InChI=1S/C24H24N4O4/c29-20(25-18-7-3-5-16(13-18)14-27-12-4-9-21(27)30)15-28-22(31)24(26-23(28)32)11-10-17-6-1-2-8-19(17)24/h1-3,5-8,13H,4,9-12,14-15H2,(H,25,29)(H,26,32). The summed E-state index contributed by atoms with van der Waals surface area (Å²) in [6.07, 6.45) is 2.64. The van der Waals surface area contributed by atoms with Crippen LogP contribution in [0.25, 0.3) is 0 Å². The molecule has 2 fully saturated rings. The van der Waals surface area contributed by atoms with Crippen LogP contribution in [0.5, 0.6) is 0 Å². The maximum atomic E-state index is 13.2. The lowest BCUT2D eigenvalue weighted by Gasteiger charge is -2.22. The Bertz CT molecular complexity index is 1130. The van der Waals surface area contributed by atoms with Gasteiger partial charge in [0.15, 0.2) is 0 Å². The SMILES string of the molecule is O=C(CN1C(=O)NC2(CCc3ccccc32)C1=O)Nc1cccc(CN2CCCC2=O)c1. The Labute approximate surface area is 185 Å². The maximum Gasteiger partial charge on any atom is 0.325 e. The summed E-state index contributed by atoms with van der Waals surface area (Å²) < 4.78 is 0. The van der Waals surface area contributed by atoms with Crippen molar-refractivity contribution in [2.75, 3.05) is 18.4 Å². The van der Waals surface area contributed by atoms with E-state index in [4.69, 9.17) is 0 Å². The lowest BCUT2D eigenvalue weighted by atomic mass is 9.92. The van der Waals surface area contributed by atoms with Crippen LogP contribution in [-0.2, 0) is 32.9 Å². The first-order chi connectivity index (χ1) is 15.5. The minimum absolute atomic E-state index is 0.139. The van der Waals surface area contributed by atoms with E-state index in [0.717, 1.165) is 34.6 Å². The molecule has 164 valence electrons. The van der Waals surface area contributed by atoms with Gasteiger partial charge in [-0.2, -0.15) is 0 Å². The van der Waals surface area contributed by atoms with Gasteiger partial charge in [0.2, 0.25) is 11.8 Å². The van der Waals surface area contributed by atoms with Gasteiger partial charge < -0.3 is 15.5 Å². The first-order valence-electron chi connectivity index (χ1n) is 10.9. The van der Waals surface area contributed by atoms with Crippen molar-refractivity contribution < 1.29 is 19.2 Å². The van der Waals surface area contributed by atoms with Crippen LogP contribution in [0.4, 0.5) is 10.5 Å². The Kier molecular flexibility index (Phi) is 4.92. The van der Waals surface area contributed by atoms with Crippen molar-refractivity contribution in [2.45, 2.75) is 37.8 Å². The van der Waals surface area contributed by atoms with Gasteiger partial charge in [-0.05, 0) is 48.1 Å². The summed E-state index contributed by atoms with van der Waals surface area (Å²) in [6.45, 7) is 0.882. The second-order valence-corrected chi connectivity index (χ2v) is 8.55. The fourth-order valence-electron chi connectivity index (χ4n) is 4.92. The van der Waals surface area contributed by atoms with Gasteiger partial charge in [-0.15, -0.1) is 0 Å². The Balaban J connectivity index is 1.26. The van der Waals surface area contributed by atoms with E-state index >= 15 is 0 Å². The molecule has 1 spiro atoms. The number of anilines is 1. The van der Waals surface area contributed by atoms with E-state index in [1.165, 1.54) is 0 Å². The Morgan fingerprint density at radius 2 is 1.91 bits per heavy atom. The fraction of sp³-hybridized carbons (Fsp3) is 0.333. The van der Waals surface area contributed by atoms with E-state index in [0.29, 0.717) is 31.5 Å². The van der Waals surface area contributed by atoms with Crippen molar-refractivity contribution in [1.29, 1.82) is 0 Å². The molecule has 0 bridgehead atoms. The molecule has 2 aromatic rings. The highest BCUT2D eigenvalue weighted by Crippen LogP contribution is 2.41. The van der Waals surface area contributed by atoms with Crippen molar-refractivity contribution in [3.8, 4) is 0 Å².